The van der Waals surface area contributed by atoms with E-state index in [4.69, 9.17) is 0 Å². The van der Waals surface area contributed by atoms with Gasteiger partial charge in [0.05, 0.1) is 30.7 Å². The van der Waals surface area contributed by atoms with Gasteiger partial charge in [-0.25, -0.2) is 4.79 Å². The van der Waals surface area contributed by atoms with Crippen LogP contribution in [0, 0.1) is 10.1 Å². The van der Waals surface area contributed by atoms with Gasteiger partial charge in [0, 0.05) is 23.7 Å². The third-order valence-corrected chi connectivity index (χ3v) is 4.98. The van der Waals surface area contributed by atoms with Crippen LogP contribution in [-0.4, -0.2) is 52.4 Å². The summed E-state index contributed by atoms with van der Waals surface area (Å²) in [6, 6.07) is 4.51. The average molecular weight is 436 g/mol. The predicted molar refractivity (Wildman–Crippen MR) is 107 cm³/mol. The molecule has 0 bridgehead atoms. The Balaban J connectivity index is 2.14. The van der Waals surface area contributed by atoms with Gasteiger partial charge in [-0.3, -0.25) is 29.1 Å². The lowest BCUT2D eigenvalue weighted by atomic mass is 10.2. The molecule has 0 aliphatic carbocycles. The first-order valence-corrected chi connectivity index (χ1v) is 9.68. The van der Waals surface area contributed by atoms with Gasteiger partial charge in [-0.1, -0.05) is 6.07 Å². The first-order chi connectivity index (χ1) is 14.3. The summed E-state index contributed by atoms with van der Waals surface area (Å²) in [5, 5.41) is 15.7. The molecule has 0 spiro atoms. The van der Waals surface area contributed by atoms with E-state index in [1.165, 1.54) is 16.2 Å². The number of aromatic nitrogens is 1. The summed E-state index contributed by atoms with van der Waals surface area (Å²) in [5.41, 5.74) is -2.14. The average Bonchev–Trinajstić information content (AvgIpc) is 3.24. The van der Waals surface area contributed by atoms with Crippen molar-refractivity contribution < 1.29 is 24.0 Å². The number of thiophene rings is 1. The van der Waals surface area contributed by atoms with E-state index in [2.05, 4.69) is 10.1 Å². The molecule has 0 unspecified atom stereocenters. The second kappa shape index (κ2) is 10.3. The number of nitrogens with zero attached hydrogens (tertiary/aromatic N) is 3. The summed E-state index contributed by atoms with van der Waals surface area (Å²) < 4.78 is 5.29. The molecule has 2 aromatic heterocycles. The van der Waals surface area contributed by atoms with Crippen LogP contribution >= 0.6 is 11.3 Å². The standard InChI is InChI=1S/C18H20N4O7S/c1-3-20(10-15(23)19-8-13-5-4-6-30-13)16(24)11-21-9-12(18(26)29-2)7-14(17(21)25)22(27)28/h4-7,9H,3,8,10-11H2,1-2H3,(H,19,23). The Bertz CT molecular complexity index is 1000. The molecule has 160 valence electrons. The van der Waals surface area contributed by atoms with Crippen LogP contribution in [0.2, 0.25) is 0 Å². The van der Waals surface area contributed by atoms with E-state index < -0.39 is 34.6 Å². The van der Waals surface area contributed by atoms with Crippen LogP contribution in [0.25, 0.3) is 0 Å². The number of carbonyl (C=O) groups is 3. The Morgan fingerprint density at radius 2 is 2.10 bits per heavy atom. The van der Waals surface area contributed by atoms with Crippen LogP contribution in [0.4, 0.5) is 5.69 Å². The normalized spacial score (nSPS) is 10.3. The summed E-state index contributed by atoms with van der Waals surface area (Å²) in [6.07, 6.45) is 1.02. The molecule has 11 nitrogen and oxygen atoms in total. The van der Waals surface area contributed by atoms with E-state index in [0.717, 1.165) is 28.8 Å². The van der Waals surface area contributed by atoms with Gasteiger partial charge in [0.15, 0.2) is 0 Å². The highest BCUT2D eigenvalue weighted by molar-refractivity contribution is 7.09. The first-order valence-electron chi connectivity index (χ1n) is 8.80. The zero-order valence-corrected chi connectivity index (χ0v) is 17.1. The second-order valence-electron chi connectivity index (χ2n) is 6.06. The topological polar surface area (TPSA) is 141 Å². The van der Waals surface area contributed by atoms with Crippen molar-refractivity contribution >= 4 is 34.8 Å². The number of hydrogen-bond donors (Lipinski definition) is 1. The largest absolute Gasteiger partial charge is 0.465 e. The summed E-state index contributed by atoms with van der Waals surface area (Å²) in [6.45, 7) is 1.35. The van der Waals surface area contributed by atoms with Crippen LogP contribution in [0.5, 0.6) is 0 Å². The first kappa shape index (κ1) is 22.7. The highest BCUT2D eigenvalue weighted by Gasteiger charge is 2.23. The van der Waals surface area contributed by atoms with E-state index in [1.54, 1.807) is 6.92 Å². The lowest BCUT2D eigenvalue weighted by molar-refractivity contribution is -0.386. The number of rotatable bonds is 9. The van der Waals surface area contributed by atoms with Crippen molar-refractivity contribution in [3.8, 4) is 0 Å². The number of esters is 1. The number of methoxy groups -OCH3 is 1. The summed E-state index contributed by atoms with van der Waals surface area (Å²) in [4.78, 5) is 61.1. The molecule has 0 saturated heterocycles. The molecule has 2 heterocycles. The van der Waals surface area contributed by atoms with Gasteiger partial charge in [-0.15, -0.1) is 11.3 Å². The number of likely N-dealkylation sites (N-methyl/N-ethyl adjacent to an activating group) is 1. The van der Waals surface area contributed by atoms with Gasteiger partial charge in [0.25, 0.3) is 0 Å². The van der Waals surface area contributed by atoms with Gasteiger partial charge in [-0.05, 0) is 18.4 Å². The van der Waals surface area contributed by atoms with Crippen molar-refractivity contribution in [2.45, 2.75) is 20.0 Å². The maximum atomic E-state index is 12.6. The fourth-order valence-electron chi connectivity index (χ4n) is 2.55. The summed E-state index contributed by atoms with van der Waals surface area (Å²) in [7, 11) is 1.09. The summed E-state index contributed by atoms with van der Waals surface area (Å²) >= 11 is 1.48. The van der Waals surface area contributed by atoms with Crippen molar-refractivity contribution in [3.63, 3.8) is 0 Å². The Morgan fingerprint density at radius 3 is 2.67 bits per heavy atom. The van der Waals surface area contributed by atoms with Crippen LogP contribution in [0.1, 0.15) is 22.2 Å². The molecule has 12 heteroatoms. The Labute approximate surface area is 175 Å². The minimum Gasteiger partial charge on any atom is -0.465 e. The number of nitro groups is 1. The molecule has 1 N–H and O–H groups in total. The highest BCUT2D eigenvalue weighted by atomic mass is 32.1. The Hall–Kier alpha value is -3.54. The van der Waals surface area contributed by atoms with Crippen molar-refractivity contribution in [1.82, 2.24) is 14.8 Å². The molecular formula is C18H20N4O7S. The van der Waals surface area contributed by atoms with Crippen molar-refractivity contribution in [1.29, 1.82) is 0 Å². The lowest BCUT2D eigenvalue weighted by Gasteiger charge is -2.21. The number of nitrogens with one attached hydrogen (secondary N) is 1. The third kappa shape index (κ3) is 5.73. The van der Waals surface area contributed by atoms with E-state index in [1.807, 2.05) is 17.5 Å². The van der Waals surface area contributed by atoms with E-state index in [9.17, 15) is 29.3 Å². The molecule has 0 fully saturated rings. The molecule has 0 aliphatic heterocycles. The molecule has 0 radical (unpaired) electrons. The van der Waals surface area contributed by atoms with Crippen LogP contribution in [-0.2, 0) is 27.4 Å². The van der Waals surface area contributed by atoms with Crippen LogP contribution < -0.4 is 10.9 Å². The minimum atomic E-state index is -1.04. The van der Waals surface area contributed by atoms with E-state index >= 15 is 0 Å². The monoisotopic (exact) mass is 436 g/mol. The van der Waals surface area contributed by atoms with Crippen molar-refractivity contribution in [3.05, 3.63) is 60.7 Å². The van der Waals surface area contributed by atoms with Gasteiger partial charge in [-0.2, -0.15) is 0 Å². The quantitative estimate of drug-likeness (QED) is 0.348. The smallest absolute Gasteiger partial charge is 0.339 e. The van der Waals surface area contributed by atoms with Crippen LogP contribution in [0.15, 0.2) is 34.6 Å². The molecule has 0 aromatic carbocycles. The SMILES string of the molecule is CCN(CC(=O)NCc1cccs1)C(=O)Cn1cc(C(=O)OC)cc([N+](=O)[O-])c1=O. The Kier molecular flexibility index (Phi) is 7.81. The molecule has 2 rings (SSSR count). The lowest BCUT2D eigenvalue weighted by Crippen LogP contribution is -2.43. The molecule has 0 atom stereocenters. The molecule has 2 amide bonds. The fraction of sp³-hybridized carbons (Fsp3) is 0.333. The van der Waals surface area contributed by atoms with Crippen molar-refractivity contribution in [2.75, 3.05) is 20.2 Å². The number of pyridine rings is 1. The number of amides is 2. The van der Waals surface area contributed by atoms with Gasteiger partial charge in [0.2, 0.25) is 11.8 Å². The number of carbonyl (C=O) groups excluding carboxylic acids is 3. The molecule has 30 heavy (non-hydrogen) atoms. The molecule has 0 aliphatic rings. The zero-order chi connectivity index (χ0) is 22.3. The van der Waals surface area contributed by atoms with E-state index in [-0.39, 0.29) is 24.6 Å². The third-order valence-electron chi connectivity index (χ3n) is 4.10. The molecule has 2 aromatic rings. The maximum Gasteiger partial charge on any atom is 0.339 e. The zero-order valence-electron chi connectivity index (χ0n) is 16.3. The second-order valence-corrected chi connectivity index (χ2v) is 7.09. The number of hydrogen-bond acceptors (Lipinski definition) is 8. The summed E-state index contributed by atoms with van der Waals surface area (Å²) in [5.74, 6) is -1.89. The fourth-order valence-corrected chi connectivity index (χ4v) is 3.19. The highest BCUT2D eigenvalue weighted by Crippen LogP contribution is 2.10. The van der Waals surface area contributed by atoms with Gasteiger partial charge < -0.3 is 15.0 Å². The predicted octanol–water partition coefficient (Wildman–Crippen LogP) is 0.769. The maximum absolute atomic E-state index is 12.6. The minimum absolute atomic E-state index is 0.179. The van der Waals surface area contributed by atoms with Gasteiger partial charge >= 0.3 is 17.2 Å². The van der Waals surface area contributed by atoms with Crippen molar-refractivity contribution in [2.24, 2.45) is 0 Å². The molecular weight excluding hydrogens is 416 g/mol. The van der Waals surface area contributed by atoms with E-state index in [0.29, 0.717) is 6.54 Å². The number of ether oxygens (including phenoxy) is 1. The molecule has 0 saturated carbocycles. The van der Waals surface area contributed by atoms with Gasteiger partial charge in [0.1, 0.15) is 6.54 Å². The van der Waals surface area contributed by atoms with Crippen LogP contribution in [0.3, 0.4) is 0 Å². The Morgan fingerprint density at radius 1 is 1.37 bits per heavy atom.